The molecule has 2 aromatic heterocycles. The molecule has 122 valence electrons. The Morgan fingerprint density at radius 3 is 2.62 bits per heavy atom. The molecule has 4 N–H and O–H groups in total. The molecule has 0 radical (unpaired) electrons. The zero-order chi connectivity index (χ0) is 16.9. The standard InChI is InChI=1S/C16H15N5O3/c22-9-13(18-14(23)10-5-7-17-8-6-10)15(24)21-16-19-11-3-1-2-4-12(11)20-16/h1-8,13,22H,9H2,(H,18,23)(H2,19,20,21,24)/t13-/m0/s1. The Balaban J connectivity index is 1.68. The summed E-state index contributed by atoms with van der Waals surface area (Å²) in [7, 11) is 0. The van der Waals surface area contributed by atoms with Crippen LogP contribution in [0.1, 0.15) is 10.4 Å². The highest BCUT2D eigenvalue weighted by molar-refractivity contribution is 6.01. The highest BCUT2D eigenvalue weighted by Crippen LogP contribution is 2.13. The quantitative estimate of drug-likeness (QED) is 0.550. The molecule has 3 aromatic rings. The monoisotopic (exact) mass is 325 g/mol. The summed E-state index contributed by atoms with van der Waals surface area (Å²) in [4.78, 5) is 35.3. The van der Waals surface area contributed by atoms with E-state index >= 15 is 0 Å². The molecule has 2 heterocycles. The highest BCUT2D eigenvalue weighted by Gasteiger charge is 2.21. The van der Waals surface area contributed by atoms with Crippen LogP contribution in [-0.4, -0.2) is 44.5 Å². The van der Waals surface area contributed by atoms with Crippen molar-refractivity contribution in [3.05, 3.63) is 54.4 Å². The molecule has 8 nitrogen and oxygen atoms in total. The van der Waals surface area contributed by atoms with E-state index in [1.165, 1.54) is 24.5 Å². The molecule has 1 atom stereocenters. The summed E-state index contributed by atoms with van der Waals surface area (Å²) in [6.45, 7) is -0.539. The number of nitrogens with one attached hydrogen (secondary N) is 3. The SMILES string of the molecule is O=C(N[C@@H](CO)C(=O)Nc1nc2ccccc2[nH]1)c1ccncc1. The lowest BCUT2D eigenvalue weighted by atomic mass is 10.2. The van der Waals surface area contributed by atoms with Gasteiger partial charge in [-0.25, -0.2) is 4.98 Å². The van der Waals surface area contributed by atoms with Gasteiger partial charge >= 0.3 is 0 Å². The molecule has 0 aliphatic carbocycles. The van der Waals surface area contributed by atoms with Gasteiger partial charge in [0.1, 0.15) is 6.04 Å². The fourth-order valence-corrected chi connectivity index (χ4v) is 2.15. The van der Waals surface area contributed by atoms with E-state index in [4.69, 9.17) is 0 Å². The van der Waals surface area contributed by atoms with Crippen LogP contribution in [0.2, 0.25) is 0 Å². The Morgan fingerprint density at radius 2 is 1.92 bits per heavy atom. The van der Waals surface area contributed by atoms with Crippen LogP contribution in [0.15, 0.2) is 48.8 Å². The maximum absolute atomic E-state index is 12.2. The van der Waals surface area contributed by atoms with E-state index in [-0.39, 0.29) is 5.95 Å². The number of aliphatic hydroxyl groups excluding tert-OH is 1. The van der Waals surface area contributed by atoms with E-state index in [1.807, 2.05) is 18.2 Å². The summed E-state index contributed by atoms with van der Waals surface area (Å²) in [6.07, 6.45) is 2.94. The number of carbonyl (C=O) groups excluding carboxylic acids is 2. The lowest BCUT2D eigenvalue weighted by molar-refractivity contribution is -0.118. The third kappa shape index (κ3) is 3.39. The van der Waals surface area contributed by atoms with Crippen molar-refractivity contribution in [3.8, 4) is 0 Å². The number of anilines is 1. The molecule has 0 spiro atoms. The van der Waals surface area contributed by atoms with Gasteiger partial charge in [0.2, 0.25) is 5.95 Å². The molecule has 3 rings (SSSR count). The highest BCUT2D eigenvalue weighted by atomic mass is 16.3. The van der Waals surface area contributed by atoms with Crippen LogP contribution in [0, 0.1) is 0 Å². The van der Waals surface area contributed by atoms with Crippen LogP contribution in [0.5, 0.6) is 0 Å². The van der Waals surface area contributed by atoms with Crippen LogP contribution in [0.25, 0.3) is 11.0 Å². The van der Waals surface area contributed by atoms with E-state index in [0.717, 1.165) is 5.52 Å². The molecule has 0 aliphatic heterocycles. The summed E-state index contributed by atoms with van der Waals surface area (Å²) in [5.74, 6) is -0.798. The maximum atomic E-state index is 12.2. The second-order valence-corrected chi connectivity index (χ2v) is 5.04. The topological polar surface area (TPSA) is 120 Å². The molecule has 8 heteroatoms. The molecule has 1 aromatic carbocycles. The third-order valence-electron chi connectivity index (χ3n) is 3.38. The summed E-state index contributed by atoms with van der Waals surface area (Å²) in [5.41, 5.74) is 1.82. The molecule has 0 saturated heterocycles. The molecular weight excluding hydrogens is 310 g/mol. The summed E-state index contributed by atoms with van der Waals surface area (Å²) in [5, 5.41) is 14.4. The number of hydrogen-bond acceptors (Lipinski definition) is 5. The van der Waals surface area contributed by atoms with Crippen LogP contribution in [0.3, 0.4) is 0 Å². The maximum Gasteiger partial charge on any atom is 0.252 e. The third-order valence-corrected chi connectivity index (χ3v) is 3.38. The van der Waals surface area contributed by atoms with Crippen molar-refractivity contribution in [2.45, 2.75) is 6.04 Å². The second-order valence-electron chi connectivity index (χ2n) is 5.04. The molecular formula is C16H15N5O3. The Hall–Kier alpha value is -3.26. The van der Waals surface area contributed by atoms with Crippen molar-refractivity contribution >= 4 is 28.8 Å². The Morgan fingerprint density at radius 1 is 1.17 bits per heavy atom. The van der Waals surface area contributed by atoms with E-state index in [1.54, 1.807) is 6.07 Å². The number of pyridine rings is 1. The van der Waals surface area contributed by atoms with E-state index in [9.17, 15) is 14.7 Å². The average molecular weight is 325 g/mol. The first kappa shape index (κ1) is 15.6. The van der Waals surface area contributed by atoms with Gasteiger partial charge in [-0.1, -0.05) is 12.1 Å². The van der Waals surface area contributed by atoms with E-state index < -0.39 is 24.5 Å². The van der Waals surface area contributed by atoms with Crippen molar-refractivity contribution in [3.63, 3.8) is 0 Å². The molecule has 0 fully saturated rings. The number of benzene rings is 1. The normalized spacial score (nSPS) is 11.9. The number of aromatic amines is 1. The number of nitrogens with zero attached hydrogens (tertiary/aromatic N) is 2. The summed E-state index contributed by atoms with van der Waals surface area (Å²) < 4.78 is 0. The van der Waals surface area contributed by atoms with Gasteiger partial charge in [-0.05, 0) is 24.3 Å². The second kappa shape index (κ2) is 6.88. The van der Waals surface area contributed by atoms with Crippen LogP contribution in [-0.2, 0) is 4.79 Å². The number of aliphatic hydroxyl groups is 1. The van der Waals surface area contributed by atoms with Gasteiger partial charge in [0, 0.05) is 18.0 Å². The predicted molar refractivity (Wildman–Crippen MR) is 87.3 cm³/mol. The smallest absolute Gasteiger partial charge is 0.252 e. The molecule has 0 unspecified atom stereocenters. The predicted octanol–water partition coefficient (Wildman–Crippen LogP) is 0.687. The molecule has 0 bridgehead atoms. The largest absolute Gasteiger partial charge is 0.394 e. The zero-order valence-electron chi connectivity index (χ0n) is 12.6. The number of amides is 2. The van der Waals surface area contributed by atoms with Crippen molar-refractivity contribution < 1.29 is 14.7 Å². The van der Waals surface area contributed by atoms with Crippen LogP contribution < -0.4 is 10.6 Å². The Kier molecular flexibility index (Phi) is 4.48. The fourth-order valence-electron chi connectivity index (χ4n) is 2.15. The van der Waals surface area contributed by atoms with Crippen molar-refractivity contribution in [1.82, 2.24) is 20.3 Å². The zero-order valence-corrected chi connectivity index (χ0v) is 12.6. The fraction of sp³-hybridized carbons (Fsp3) is 0.125. The van der Waals surface area contributed by atoms with Gasteiger partial charge in [0.15, 0.2) is 0 Å². The number of H-pyrrole nitrogens is 1. The van der Waals surface area contributed by atoms with Gasteiger partial charge in [-0.3, -0.25) is 19.9 Å². The molecule has 0 aliphatic rings. The van der Waals surface area contributed by atoms with Gasteiger partial charge < -0.3 is 15.4 Å². The molecule has 0 saturated carbocycles. The average Bonchev–Trinajstić information content (AvgIpc) is 3.02. The van der Waals surface area contributed by atoms with Gasteiger partial charge in [-0.2, -0.15) is 0 Å². The number of rotatable bonds is 5. The first-order valence-corrected chi connectivity index (χ1v) is 7.25. The number of aromatic nitrogens is 3. The Bertz CT molecular complexity index is 829. The lowest BCUT2D eigenvalue weighted by Crippen LogP contribution is -2.46. The molecule has 24 heavy (non-hydrogen) atoms. The van der Waals surface area contributed by atoms with E-state index in [2.05, 4.69) is 25.6 Å². The summed E-state index contributed by atoms with van der Waals surface area (Å²) in [6, 6.07) is 9.24. The van der Waals surface area contributed by atoms with Gasteiger partial charge in [0.25, 0.3) is 11.8 Å². The minimum Gasteiger partial charge on any atom is -0.394 e. The first-order valence-electron chi connectivity index (χ1n) is 7.25. The minimum absolute atomic E-state index is 0.248. The van der Waals surface area contributed by atoms with Crippen molar-refractivity contribution in [1.29, 1.82) is 0 Å². The number of fused-ring (bicyclic) bond motifs is 1. The van der Waals surface area contributed by atoms with Gasteiger partial charge in [-0.15, -0.1) is 0 Å². The lowest BCUT2D eigenvalue weighted by Gasteiger charge is -2.15. The number of para-hydroxylation sites is 2. The van der Waals surface area contributed by atoms with Crippen LogP contribution in [0.4, 0.5) is 5.95 Å². The van der Waals surface area contributed by atoms with Crippen molar-refractivity contribution in [2.75, 3.05) is 11.9 Å². The number of carbonyl (C=O) groups is 2. The number of hydrogen-bond donors (Lipinski definition) is 4. The van der Waals surface area contributed by atoms with Crippen LogP contribution >= 0.6 is 0 Å². The first-order chi connectivity index (χ1) is 11.7. The molecule has 2 amide bonds. The van der Waals surface area contributed by atoms with Gasteiger partial charge in [0.05, 0.1) is 17.6 Å². The van der Waals surface area contributed by atoms with Crippen molar-refractivity contribution in [2.24, 2.45) is 0 Å². The summed E-state index contributed by atoms with van der Waals surface area (Å²) >= 11 is 0. The van der Waals surface area contributed by atoms with E-state index in [0.29, 0.717) is 11.1 Å². The Labute approximate surface area is 136 Å². The number of imidazole rings is 1. The minimum atomic E-state index is -1.10.